The van der Waals surface area contributed by atoms with Gasteiger partial charge in [-0.3, -0.25) is 9.59 Å². The largest absolute Gasteiger partial charge is 0.481 e. The highest BCUT2D eigenvalue weighted by Gasteiger charge is 2.06. The number of nitrogens with one attached hydrogen (secondary N) is 2. The molecule has 6 nitrogen and oxygen atoms in total. The highest BCUT2D eigenvalue weighted by atomic mass is 16.4. The van der Waals surface area contributed by atoms with Crippen molar-refractivity contribution in [3.05, 3.63) is 72.1 Å². The van der Waals surface area contributed by atoms with Gasteiger partial charge in [-0.25, -0.2) is 0 Å². The van der Waals surface area contributed by atoms with Crippen molar-refractivity contribution in [1.29, 1.82) is 0 Å². The monoisotopic (exact) mass is 377 g/mol. The number of carbonyl (C=O) groups is 2. The maximum Gasteiger partial charge on any atom is 0.307 e. The van der Waals surface area contributed by atoms with E-state index in [1.807, 2.05) is 60.9 Å². The normalized spacial score (nSPS) is 10.5. The van der Waals surface area contributed by atoms with Crippen molar-refractivity contribution in [3.8, 4) is 0 Å². The zero-order valence-corrected chi connectivity index (χ0v) is 15.9. The average molecular weight is 377 g/mol. The maximum atomic E-state index is 11.5. The number of nitrogens with zero attached hydrogens (tertiary/aromatic N) is 1. The van der Waals surface area contributed by atoms with Crippen LogP contribution < -0.4 is 0 Å². The van der Waals surface area contributed by atoms with Gasteiger partial charge in [-0.15, -0.1) is 0 Å². The quantitative estimate of drug-likeness (QED) is 0.508. The molecule has 0 atom stereocenters. The number of carboxylic acids is 1. The Morgan fingerprint density at radius 3 is 1.79 bits per heavy atom. The molecule has 0 aliphatic heterocycles. The highest BCUT2D eigenvalue weighted by Crippen LogP contribution is 2.15. The molecular weight excluding hydrogens is 354 g/mol. The summed E-state index contributed by atoms with van der Waals surface area (Å²) < 4.78 is 0. The van der Waals surface area contributed by atoms with Gasteiger partial charge >= 0.3 is 5.97 Å². The molecule has 4 aromatic rings. The molecule has 144 valence electrons. The van der Waals surface area contributed by atoms with Crippen molar-refractivity contribution < 1.29 is 14.7 Å². The van der Waals surface area contributed by atoms with E-state index in [1.54, 1.807) is 19.0 Å². The summed E-state index contributed by atoms with van der Waals surface area (Å²) in [5.74, 6) is -0.674. The Kier molecular flexibility index (Phi) is 5.79. The van der Waals surface area contributed by atoms with Crippen LogP contribution in [0.1, 0.15) is 11.1 Å². The summed E-state index contributed by atoms with van der Waals surface area (Å²) in [4.78, 5) is 29.7. The molecule has 0 fully saturated rings. The Hall–Kier alpha value is -3.54. The van der Waals surface area contributed by atoms with Crippen LogP contribution in [0.3, 0.4) is 0 Å². The van der Waals surface area contributed by atoms with E-state index in [9.17, 15) is 9.59 Å². The third kappa shape index (κ3) is 4.79. The maximum absolute atomic E-state index is 11.5. The molecule has 2 aromatic heterocycles. The van der Waals surface area contributed by atoms with Gasteiger partial charge in [0.25, 0.3) is 0 Å². The number of carboxylic acid groups (broad SMARTS) is 1. The lowest BCUT2D eigenvalue weighted by atomic mass is 10.1. The number of H-pyrrole nitrogens is 2. The number of carbonyl (C=O) groups excluding carboxylic acids is 1. The van der Waals surface area contributed by atoms with Crippen molar-refractivity contribution in [2.45, 2.75) is 12.8 Å². The summed E-state index contributed by atoms with van der Waals surface area (Å²) in [6.45, 7) is 0. The molecule has 6 heteroatoms. The Balaban J connectivity index is 0.000000162. The minimum Gasteiger partial charge on any atom is -0.481 e. The van der Waals surface area contributed by atoms with E-state index < -0.39 is 5.97 Å². The van der Waals surface area contributed by atoms with E-state index in [4.69, 9.17) is 5.11 Å². The molecule has 0 radical (unpaired) electrons. The third-order valence-corrected chi connectivity index (χ3v) is 4.45. The fourth-order valence-electron chi connectivity index (χ4n) is 2.92. The Labute approximate surface area is 162 Å². The first-order valence-electron chi connectivity index (χ1n) is 8.96. The zero-order valence-electron chi connectivity index (χ0n) is 15.9. The first-order chi connectivity index (χ1) is 13.4. The molecule has 0 saturated heterocycles. The number of hydrogen-bond acceptors (Lipinski definition) is 2. The number of benzene rings is 2. The molecule has 2 aromatic carbocycles. The molecule has 0 aliphatic carbocycles. The second-order valence-electron chi connectivity index (χ2n) is 6.83. The van der Waals surface area contributed by atoms with Crippen molar-refractivity contribution in [3.63, 3.8) is 0 Å². The van der Waals surface area contributed by atoms with Crippen LogP contribution in [0.4, 0.5) is 0 Å². The van der Waals surface area contributed by atoms with Crippen molar-refractivity contribution in [1.82, 2.24) is 14.9 Å². The number of aromatic amines is 2. The Bertz CT molecular complexity index is 1110. The minimum atomic E-state index is -0.800. The number of aliphatic carboxylic acids is 1. The second kappa shape index (κ2) is 8.43. The van der Waals surface area contributed by atoms with Crippen LogP contribution in [0.25, 0.3) is 21.8 Å². The molecule has 0 spiro atoms. The predicted octanol–water partition coefficient (Wildman–Crippen LogP) is 3.59. The average Bonchev–Trinajstić information content (AvgIpc) is 3.29. The van der Waals surface area contributed by atoms with Crippen LogP contribution in [0.2, 0.25) is 0 Å². The van der Waals surface area contributed by atoms with E-state index in [0.29, 0.717) is 6.42 Å². The zero-order chi connectivity index (χ0) is 20.1. The van der Waals surface area contributed by atoms with Gasteiger partial charge in [0.2, 0.25) is 5.91 Å². The molecule has 4 rings (SSSR count). The molecule has 0 unspecified atom stereocenters. The first kappa shape index (κ1) is 19.2. The summed E-state index contributed by atoms with van der Waals surface area (Å²) >= 11 is 0. The van der Waals surface area contributed by atoms with Crippen molar-refractivity contribution >= 4 is 33.7 Å². The van der Waals surface area contributed by atoms with Crippen LogP contribution >= 0.6 is 0 Å². The molecular formula is C22H23N3O3. The summed E-state index contributed by atoms with van der Waals surface area (Å²) in [6, 6.07) is 15.7. The van der Waals surface area contributed by atoms with Gasteiger partial charge in [-0.2, -0.15) is 0 Å². The van der Waals surface area contributed by atoms with E-state index in [2.05, 4.69) is 9.97 Å². The Morgan fingerprint density at radius 2 is 1.32 bits per heavy atom. The van der Waals surface area contributed by atoms with Crippen molar-refractivity contribution in [2.24, 2.45) is 0 Å². The molecule has 0 bridgehead atoms. The summed E-state index contributed by atoms with van der Waals surface area (Å²) in [5, 5.41) is 10.9. The number of rotatable bonds is 4. The summed E-state index contributed by atoms with van der Waals surface area (Å²) in [6.07, 6.45) is 4.29. The number of fused-ring (bicyclic) bond motifs is 2. The standard InChI is InChI=1S/C12H14N2O.C10H9NO2/c1-14(2)12(15)8-9-3-4-10-5-6-13-11(10)7-9;12-10(13)6-7-1-2-8-3-4-11-9(8)5-7/h3-7,13H,8H2,1-2H3;1-5,11H,6H2,(H,12,13). The van der Waals surface area contributed by atoms with Crippen LogP contribution in [-0.4, -0.2) is 45.9 Å². The van der Waals surface area contributed by atoms with E-state index in [-0.39, 0.29) is 12.3 Å². The van der Waals surface area contributed by atoms with Gasteiger partial charge in [0, 0.05) is 37.5 Å². The minimum absolute atomic E-state index is 0.0783. The van der Waals surface area contributed by atoms with Crippen LogP contribution in [-0.2, 0) is 22.4 Å². The lowest BCUT2D eigenvalue weighted by Gasteiger charge is -2.09. The molecule has 1 amide bonds. The summed E-state index contributed by atoms with van der Waals surface area (Å²) in [5.41, 5.74) is 3.93. The topological polar surface area (TPSA) is 89.2 Å². The number of hydrogen-bond donors (Lipinski definition) is 3. The number of likely N-dealkylation sites (N-methyl/N-ethyl adjacent to an activating group) is 1. The first-order valence-corrected chi connectivity index (χ1v) is 8.96. The van der Waals surface area contributed by atoms with Gasteiger partial charge in [0.1, 0.15) is 0 Å². The SMILES string of the molecule is CN(C)C(=O)Cc1ccc2cc[nH]c2c1.O=C(O)Cc1ccc2cc[nH]c2c1. The van der Waals surface area contributed by atoms with Crippen LogP contribution in [0.5, 0.6) is 0 Å². The fourth-order valence-corrected chi connectivity index (χ4v) is 2.92. The number of aromatic nitrogens is 2. The van der Waals surface area contributed by atoms with E-state index in [1.165, 1.54) is 5.39 Å². The summed E-state index contributed by atoms with van der Waals surface area (Å²) in [7, 11) is 3.55. The predicted molar refractivity (Wildman–Crippen MR) is 110 cm³/mol. The van der Waals surface area contributed by atoms with Gasteiger partial charge in [0.05, 0.1) is 12.8 Å². The highest BCUT2D eigenvalue weighted by molar-refractivity contribution is 5.83. The lowest BCUT2D eigenvalue weighted by Crippen LogP contribution is -2.23. The van der Waals surface area contributed by atoms with Gasteiger partial charge in [-0.1, -0.05) is 24.3 Å². The molecule has 3 N–H and O–H groups in total. The van der Waals surface area contributed by atoms with Gasteiger partial charge < -0.3 is 20.0 Å². The van der Waals surface area contributed by atoms with E-state index in [0.717, 1.165) is 27.5 Å². The third-order valence-electron chi connectivity index (χ3n) is 4.45. The molecule has 0 aliphatic rings. The Morgan fingerprint density at radius 1 is 0.821 bits per heavy atom. The van der Waals surface area contributed by atoms with Crippen molar-refractivity contribution in [2.75, 3.05) is 14.1 Å². The molecule has 2 heterocycles. The van der Waals surface area contributed by atoms with Crippen LogP contribution in [0, 0.1) is 0 Å². The molecule has 28 heavy (non-hydrogen) atoms. The molecule has 0 saturated carbocycles. The van der Waals surface area contributed by atoms with Crippen LogP contribution in [0.15, 0.2) is 60.9 Å². The fraction of sp³-hybridized carbons (Fsp3) is 0.182. The smallest absolute Gasteiger partial charge is 0.307 e. The lowest BCUT2D eigenvalue weighted by molar-refractivity contribution is -0.136. The van der Waals surface area contributed by atoms with Gasteiger partial charge in [0.15, 0.2) is 0 Å². The van der Waals surface area contributed by atoms with E-state index >= 15 is 0 Å². The second-order valence-corrected chi connectivity index (χ2v) is 6.83. The van der Waals surface area contributed by atoms with Gasteiger partial charge in [-0.05, 0) is 46.2 Å². The number of amides is 1.